The Bertz CT molecular complexity index is 418. The van der Waals surface area contributed by atoms with Crippen LogP contribution in [0, 0.1) is 0 Å². The second-order valence-electron chi connectivity index (χ2n) is 3.84. The molecule has 2 unspecified atom stereocenters. The molecule has 1 heterocycles. The van der Waals surface area contributed by atoms with E-state index in [0.717, 1.165) is 5.56 Å². The largest absolute Gasteiger partial charge is 0.394 e. The molecule has 0 radical (unpaired) electrons. The first kappa shape index (κ1) is 11.1. The normalized spacial score (nSPS) is 17.8. The van der Waals surface area contributed by atoms with Crippen molar-refractivity contribution in [3.63, 3.8) is 0 Å². The van der Waals surface area contributed by atoms with Crippen molar-refractivity contribution >= 4 is 11.6 Å². The van der Waals surface area contributed by atoms with Gasteiger partial charge in [-0.15, -0.1) is 0 Å². The van der Waals surface area contributed by atoms with Crippen LogP contribution < -0.4 is 5.32 Å². The number of benzene rings is 1. The Morgan fingerprint density at radius 3 is 2.81 bits per heavy atom. The SMILES string of the molecule is O=C1Cc2ccc(C(O)C(O)CO)cc2N1. The lowest BCUT2D eigenvalue weighted by atomic mass is 10.0. The lowest BCUT2D eigenvalue weighted by Crippen LogP contribution is -2.22. The molecule has 1 amide bonds. The third-order valence-corrected chi connectivity index (χ3v) is 2.65. The van der Waals surface area contributed by atoms with Crippen LogP contribution in [0.3, 0.4) is 0 Å². The molecule has 1 aliphatic heterocycles. The lowest BCUT2D eigenvalue weighted by molar-refractivity contribution is -0.115. The number of carbonyl (C=O) groups excluding carboxylic acids is 1. The average molecular weight is 223 g/mol. The number of fused-ring (bicyclic) bond motifs is 1. The average Bonchev–Trinajstić information content (AvgIpc) is 2.65. The van der Waals surface area contributed by atoms with Gasteiger partial charge in [-0.3, -0.25) is 4.79 Å². The number of carbonyl (C=O) groups is 1. The summed E-state index contributed by atoms with van der Waals surface area (Å²) in [5.41, 5.74) is 2.01. The van der Waals surface area contributed by atoms with Crippen LogP contribution in [-0.4, -0.2) is 33.9 Å². The summed E-state index contributed by atoms with van der Waals surface area (Å²) in [4.78, 5) is 11.1. The zero-order valence-corrected chi connectivity index (χ0v) is 8.55. The van der Waals surface area contributed by atoms with Crippen LogP contribution in [0.2, 0.25) is 0 Å². The highest BCUT2D eigenvalue weighted by Crippen LogP contribution is 2.27. The fourth-order valence-electron chi connectivity index (χ4n) is 1.74. The maximum atomic E-state index is 11.1. The van der Waals surface area contributed by atoms with Gasteiger partial charge in [-0.25, -0.2) is 0 Å². The summed E-state index contributed by atoms with van der Waals surface area (Å²) in [6.45, 7) is -0.509. The summed E-state index contributed by atoms with van der Waals surface area (Å²) in [7, 11) is 0. The van der Waals surface area contributed by atoms with Gasteiger partial charge in [0.2, 0.25) is 5.91 Å². The van der Waals surface area contributed by atoms with Gasteiger partial charge in [-0.1, -0.05) is 12.1 Å². The highest BCUT2D eigenvalue weighted by atomic mass is 16.4. The second kappa shape index (κ2) is 4.21. The van der Waals surface area contributed by atoms with Gasteiger partial charge in [-0.05, 0) is 17.2 Å². The van der Waals surface area contributed by atoms with Crippen LogP contribution in [0.15, 0.2) is 18.2 Å². The van der Waals surface area contributed by atoms with Gasteiger partial charge in [0.25, 0.3) is 0 Å². The Morgan fingerprint density at radius 1 is 1.38 bits per heavy atom. The van der Waals surface area contributed by atoms with Crippen molar-refractivity contribution in [2.45, 2.75) is 18.6 Å². The quantitative estimate of drug-likeness (QED) is 0.559. The number of rotatable bonds is 3. The van der Waals surface area contributed by atoms with Crippen LogP contribution in [0.4, 0.5) is 5.69 Å². The molecule has 0 saturated carbocycles. The molecule has 4 N–H and O–H groups in total. The van der Waals surface area contributed by atoms with E-state index in [-0.39, 0.29) is 5.91 Å². The third kappa shape index (κ3) is 1.92. The molecule has 0 bridgehead atoms. The van der Waals surface area contributed by atoms with Crippen molar-refractivity contribution in [1.29, 1.82) is 0 Å². The molecule has 0 aromatic heterocycles. The van der Waals surface area contributed by atoms with Gasteiger partial charge in [0.05, 0.1) is 13.0 Å². The van der Waals surface area contributed by atoms with E-state index in [1.165, 1.54) is 0 Å². The van der Waals surface area contributed by atoms with Crippen molar-refractivity contribution in [3.8, 4) is 0 Å². The zero-order valence-electron chi connectivity index (χ0n) is 8.55. The predicted octanol–water partition coefficient (Wildman–Crippen LogP) is -0.432. The minimum absolute atomic E-state index is 0.0793. The van der Waals surface area contributed by atoms with E-state index < -0.39 is 18.8 Å². The first-order chi connectivity index (χ1) is 7.61. The monoisotopic (exact) mass is 223 g/mol. The first-order valence-corrected chi connectivity index (χ1v) is 5.01. The van der Waals surface area contributed by atoms with Crippen molar-refractivity contribution in [2.75, 3.05) is 11.9 Å². The summed E-state index contributed by atoms with van der Waals surface area (Å²) in [6, 6.07) is 4.99. The van der Waals surface area contributed by atoms with Gasteiger partial charge in [-0.2, -0.15) is 0 Å². The molecule has 0 fully saturated rings. The van der Waals surface area contributed by atoms with Crippen molar-refractivity contribution in [3.05, 3.63) is 29.3 Å². The topological polar surface area (TPSA) is 89.8 Å². The number of aliphatic hydroxyl groups is 3. The minimum atomic E-state index is -1.21. The van der Waals surface area contributed by atoms with Gasteiger partial charge in [0, 0.05) is 5.69 Å². The maximum absolute atomic E-state index is 11.1. The van der Waals surface area contributed by atoms with Gasteiger partial charge < -0.3 is 20.6 Å². The smallest absolute Gasteiger partial charge is 0.228 e. The Balaban J connectivity index is 2.25. The number of hydrogen-bond acceptors (Lipinski definition) is 4. The fourth-order valence-corrected chi connectivity index (χ4v) is 1.74. The van der Waals surface area contributed by atoms with Crippen molar-refractivity contribution < 1.29 is 20.1 Å². The number of anilines is 1. The number of aliphatic hydroxyl groups excluding tert-OH is 3. The molecule has 0 saturated heterocycles. The Hall–Kier alpha value is -1.43. The van der Waals surface area contributed by atoms with E-state index in [1.807, 2.05) is 0 Å². The standard InChI is InChI=1S/C11H13NO4/c13-5-9(14)11(16)7-2-1-6-4-10(15)12-8(6)3-7/h1-3,9,11,13-14,16H,4-5H2,(H,12,15). The minimum Gasteiger partial charge on any atom is -0.394 e. The molecule has 1 aromatic carbocycles. The summed E-state index contributed by atoms with van der Waals surface area (Å²) >= 11 is 0. The van der Waals surface area contributed by atoms with E-state index in [9.17, 15) is 15.0 Å². The van der Waals surface area contributed by atoms with Crippen LogP contribution >= 0.6 is 0 Å². The van der Waals surface area contributed by atoms with E-state index >= 15 is 0 Å². The highest BCUT2D eigenvalue weighted by molar-refractivity contribution is 5.99. The van der Waals surface area contributed by atoms with E-state index in [0.29, 0.717) is 17.7 Å². The molecular formula is C11H13NO4. The number of hydrogen-bond donors (Lipinski definition) is 4. The summed E-state index contributed by atoms with van der Waals surface area (Å²) < 4.78 is 0. The Labute approximate surface area is 92.3 Å². The van der Waals surface area contributed by atoms with E-state index in [1.54, 1.807) is 18.2 Å². The maximum Gasteiger partial charge on any atom is 0.228 e. The summed E-state index contributed by atoms with van der Waals surface area (Å²) in [5.74, 6) is -0.0793. The number of amides is 1. The van der Waals surface area contributed by atoms with Crippen molar-refractivity contribution in [2.24, 2.45) is 0 Å². The predicted molar refractivity (Wildman–Crippen MR) is 56.8 cm³/mol. The van der Waals surface area contributed by atoms with Crippen LogP contribution in [0.5, 0.6) is 0 Å². The molecule has 0 spiro atoms. The first-order valence-electron chi connectivity index (χ1n) is 5.01. The summed E-state index contributed by atoms with van der Waals surface area (Å²) in [6.07, 6.45) is -2.02. The van der Waals surface area contributed by atoms with Crippen LogP contribution in [-0.2, 0) is 11.2 Å². The molecular weight excluding hydrogens is 210 g/mol. The Morgan fingerprint density at radius 2 is 2.12 bits per heavy atom. The second-order valence-corrected chi connectivity index (χ2v) is 3.84. The van der Waals surface area contributed by atoms with E-state index in [4.69, 9.17) is 5.11 Å². The molecule has 0 aliphatic carbocycles. The highest BCUT2D eigenvalue weighted by Gasteiger charge is 2.22. The lowest BCUT2D eigenvalue weighted by Gasteiger charge is -2.16. The van der Waals surface area contributed by atoms with Gasteiger partial charge >= 0.3 is 0 Å². The summed E-state index contributed by atoms with van der Waals surface area (Å²) in [5, 5.41) is 30.3. The number of nitrogens with one attached hydrogen (secondary N) is 1. The zero-order chi connectivity index (χ0) is 11.7. The van der Waals surface area contributed by atoms with Crippen LogP contribution in [0.25, 0.3) is 0 Å². The molecule has 5 heteroatoms. The fraction of sp³-hybridized carbons (Fsp3) is 0.364. The molecule has 5 nitrogen and oxygen atoms in total. The van der Waals surface area contributed by atoms with E-state index in [2.05, 4.69) is 5.32 Å². The Kier molecular flexibility index (Phi) is 2.91. The molecule has 86 valence electrons. The third-order valence-electron chi connectivity index (χ3n) is 2.65. The van der Waals surface area contributed by atoms with Crippen molar-refractivity contribution in [1.82, 2.24) is 0 Å². The molecule has 16 heavy (non-hydrogen) atoms. The molecule has 1 aliphatic rings. The molecule has 2 atom stereocenters. The van der Waals surface area contributed by atoms with Gasteiger partial charge in [0.15, 0.2) is 0 Å². The van der Waals surface area contributed by atoms with Crippen LogP contribution in [0.1, 0.15) is 17.2 Å². The van der Waals surface area contributed by atoms with Gasteiger partial charge in [0.1, 0.15) is 12.2 Å². The molecule has 1 aromatic rings. The molecule has 2 rings (SSSR count).